The highest BCUT2D eigenvalue weighted by Crippen LogP contribution is 2.45. The Kier molecular flexibility index (Phi) is 46.0. The molecule has 17 nitrogen and oxygen atoms in total. The summed E-state index contributed by atoms with van der Waals surface area (Å²) in [6.45, 7) is 9.20. The molecule has 0 aromatic heterocycles. The highest BCUT2D eigenvalue weighted by atomic mass is 31.2. The molecule has 4 unspecified atom stereocenters. The van der Waals surface area contributed by atoms with Gasteiger partial charge in [0, 0.05) is 25.7 Å². The molecular weight excluding hydrogens is 983 g/mol. The molecule has 0 aliphatic carbocycles. The maximum atomic E-state index is 12.9. The lowest BCUT2D eigenvalue weighted by molar-refractivity contribution is -0.161. The van der Waals surface area contributed by atoms with Crippen molar-refractivity contribution in [3.05, 3.63) is 0 Å². The summed E-state index contributed by atoms with van der Waals surface area (Å²) >= 11 is 0. The Morgan fingerprint density at radius 3 is 0.973 bits per heavy atom. The van der Waals surface area contributed by atoms with E-state index in [-0.39, 0.29) is 25.7 Å². The minimum Gasteiger partial charge on any atom is -0.462 e. The van der Waals surface area contributed by atoms with Crippen molar-refractivity contribution >= 4 is 39.5 Å². The highest BCUT2D eigenvalue weighted by Gasteiger charge is 2.30. The molecule has 0 spiro atoms. The predicted molar refractivity (Wildman–Crippen MR) is 285 cm³/mol. The number of hydrogen-bond donors (Lipinski definition) is 3. The number of phosphoric acid groups is 2. The average Bonchev–Trinajstić information content (AvgIpc) is 3.36. The summed E-state index contributed by atoms with van der Waals surface area (Å²) in [4.78, 5) is 71.4. The fourth-order valence-corrected chi connectivity index (χ4v) is 9.28. The monoisotopic (exact) mass is 1090 g/mol. The summed E-state index contributed by atoms with van der Waals surface area (Å²) < 4.78 is 67.3. The van der Waals surface area contributed by atoms with Crippen molar-refractivity contribution < 1.29 is 80.2 Å². The van der Waals surface area contributed by atoms with Crippen molar-refractivity contribution in [2.24, 2.45) is 11.8 Å². The Morgan fingerprint density at radius 2 is 0.658 bits per heavy atom. The van der Waals surface area contributed by atoms with E-state index < -0.39 is 97.5 Å². The minimum atomic E-state index is -4.93. The van der Waals surface area contributed by atoms with Crippen LogP contribution in [0, 0.1) is 11.8 Å². The van der Waals surface area contributed by atoms with Gasteiger partial charge in [-0.05, 0) is 37.5 Å². The lowest BCUT2D eigenvalue weighted by Crippen LogP contribution is -2.30. The van der Waals surface area contributed by atoms with Crippen molar-refractivity contribution in [2.45, 2.75) is 272 Å². The van der Waals surface area contributed by atoms with Crippen molar-refractivity contribution in [3.8, 4) is 0 Å². The summed E-state index contributed by atoms with van der Waals surface area (Å²) in [6.07, 6.45) is 25.7. The summed E-state index contributed by atoms with van der Waals surface area (Å²) in [6, 6.07) is 0. The second-order valence-electron chi connectivity index (χ2n) is 20.1. The third-order valence-electron chi connectivity index (χ3n) is 12.9. The normalized spacial score (nSPS) is 15.4. The van der Waals surface area contributed by atoms with Crippen molar-refractivity contribution in [2.75, 3.05) is 39.6 Å². The summed E-state index contributed by atoms with van der Waals surface area (Å²) in [5, 5.41) is 10.4. The van der Waals surface area contributed by atoms with Crippen LogP contribution in [-0.4, -0.2) is 96.7 Å². The van der Waals surface area contributed by atoms with Gasteiger partial charge in [0.25, 0.3) is 0 Å². The maximum absolute atomic E-state index is 12.9. The van der Waals surface area contributed by atoms with Crippen LogP contribution < -0.4 is 0 Å². The first-order valence-electron chi connectivity index (χ1n) is 28.6. The van der Waals surface area contributed by atoms with E-state index in [1.54, 1.807) is 0 Å². The van der Waals surface area contributed by atoms with E-state index in [2.05, 4.69) is 41.5 Å². The number of rotatable bonds is 53. The zero-order valence-electron chi connectivity index (χ0n) is 46.4. The number of carbonyl (C=O) groups is 4. The number of unbranched alkanes of at least 4 members (excludes halogenated alkanes) is 21. The molecule has 0 fully saturated rings. The molecule has 0 radical (unpaired) electrons. The molecule has 0 heterocycles. The molecular formula is C54H104O17P2. The first-order valence-corrected chi connectivity index (χ1v) is 31.6. The lowest BCUT2D eigenvalue weighted by Gasteiger charge is -2.21. The van der Waals surface area contributed by atoms with Gasteiger partial charge in [-0.1, -0.05) is 202 Å². The van der Waals surface area contributed by atoms with E-state index in [0.717, 1.165) is 121 Å². The molecule has 0 aromatic rings. The van der Waals surface area contributed by atoms with Crippen LogP contribution in [0.15, 0.2) is 0 Å². The van der Waals surface area contributed by atoms with Crippen LogP contribution in [0.3, 0.4) is 0 Å². The quantitative estimate of drug-likeness (QED) is 0.0222. The highest BCUT2D eigenvalue weighted by molar-refractivity contribution is 7.47. The number of esters is 4. The summed E-state index contributed by atoms with van der Waals surface area (Å²) in [5.74, 6) is -0.714. The van der Waals surface area contributed by atoms with Gasteiger partial charge in [-0.25, -0.2) is 9.13 Å². The van der Waals surface area contributed by atoms with Crippen LogP contribution >= 0.6 is 15.6 Å². The van der Waals surface area contributed by atoms with Crippen LogP contribution in [0.2, 0.25) is 0 Å². The molecule has 7 atom stereocenters. The van der Waals surface area contributed by atoms with Gasteiger partial charge in [0.15, 0.2) is 12.2 Å². The van der Waals surface area contributed by atoms with Gasteiger partial charge in [-0.2, -0.15) is 0 Å². The molecule has 432 valence electrons. The largest absolute Gasteiger partial charge is 0.472 e. The Balaban J connectivity index is 5.20. The molecule has 0 rings (SSSR count). The standard InChI is InChI=1S/C54H104O17P2/c1-7-11-13-15-16-17-26-32-38-53(58)70-49(42-64-51(56)36-30-22-14-12-8-2)44-68-72(60,61)66-40-48(55)41-67-73(62,63)69-45-50(71-54(59)39-33-27-21-19-24-29-35-47(6)10-4)43-65-52(57)37-31-25-20-18-23-28-34-46(5)9-3/h46-50,55H,7-45H2,1-6H3,(H,60,61)(H,62,63)/t46?,47?,48-,49+,50+/m0/s1. The second kappa shape index (κ2) is 47.3. The van der Waals surface area contributed by atoms with E-state index in [0.29, 0.717) is 25.7 Å². The molecule has 73 heavy (non-hydrogen) atoms. The van der Waals surface area contributed by atoms with Crippen molar-refractivity contribution in [1.29, 1.82) is 0 Å². The molecule has 0 aliphatic heterocycles. The first-order chi connectivity index (χ1) is 34.9. The van der Waals surface area contributed by atoms with E-state index in [9.17, 15) is 43.2 Å². The van der Waals surface area contributed by atoms with Crippen LogP contribution in [0.25, 0.3) is 0 Å². The van der Waals surface area contributed by atoms with E-state index in [1.807, 2.05) is 0 Å². The van der Waals surface area contributed by atoms with Gasteiger partial charge in [-0.15, -0.1) is 0 Å². The number of ether oxygens (including phenoxy) is 4. The molecule has 0 saturated carbocycles. The fraction of sp³-hybridized carbons (Fsp3) is 0.926. The SMILES string of the molecule is CCCCCCCCCCC(=O)O[C@H](COC(=O)CCCCCCC)COP(=O)(O)OC[C@H](O)COP(=O)(O)OC[C@@H](COC(=O)CCCCCCCCC(C)CC)OC(=O)CCCCCCCCC(C)CC. The van der Waals surface area contributed by atoms with Gasteiger partial charge in [0.2, 0.25) is 0 Å². The third kappa shape index (κ3) is 47.0. The molecule has 0 aliphatic rings. The first kappa shape index (κ1) is 71.1. The molecule has 0 bridgehead atoms. The van der Waals surface area contributed by atoms with Gasteiger partial charge in [0.1, 0.15) is 19.3 Å². The number of phosphoric ester groups is 2. The lowest BCUT2D eigenvalue weighted by atomic mass is 10.00. The van der Waals surface area contributed by atoms with Gasteiger partial charge >= 0.3 is 39.5 Å². The zero-order chi connectivity index (χ0) is 54.4. The van der Waals surface area contributed by atoms with Crippen molar-refractivity contribution in [3.63, 3.8) is 0 Å². The smallest absolute Gasteiger partial charge is 0.462 e. The van der Waals surface area contributed by atoms with Crippen LogP contribution in [-0.2, 0) is 65.4 Å². The second-order valence-corrected chi connectivity index (χ2v) is 23.0. The van der Waals surface area contributed by atoms with Crippen LogP contribution in [0.1, 0.15) is 253 Å². The van der Waals surface area contributed by atoms with Crippen molar-refractivity contribution in [1.82, 2.24) is 0 Å². The molecule has 0 amide bonds. The summed E-state index contributed by atoms with van der Waals surface area (Å²) in [7, 11) is -9.85. The number of aliphatic hydroxyl groups is 1. The Morgan fingerprint density at radius 1 is 0.384 bits per heavy atom. The van der Waals surface area contributed by atoms with Gasteiger partial charge in [-0.3, -0.25) is 37.3 Å². The average molecular weight is 1090 g/mol. The number of carbonyl (C=O) groups excluding carboxylic acids is 4. The van der Waals surface area contributed by atoms with Gasteiger partial charge < -0.3 is 33.8 Å². The van der Waals surface area contributed by atoms with E-state index in [4.69, 9.17) is 37.0 Å². The van der Waals surface area contributed by atoms with Crippen LogP contribution in [0.4, 0.5) is 0 Å². The van der Waals surface area contributed by atoms with Crippen LogP contribution in [0.5, 0.6) is 0 Å². The van der Waals surface area contributed by atoms with Gasteiger partial charge in [0.05, 0.1) is 26.4 Å². The Bertz CT molecular complexity index is 1470. The molecule has 19 heteroatoms. The van der Waals surface area contributed by atoms with E-state index in [1.165, 1.54) is 51.4 Å². The minimum absolute atomic E-state index is 0.102. The Hall–Kier alpha value is -1.94. The van der Waals surface area contributed by atoms with E-state index >= 15 is 0 Å². The number of hydrogen-bond acceptors (Lipinski definition) is 15. The fourth-order valence-electron chi connectivity index (χ4n) is 7.70. The maximum Gasteiger partial charge on any atom is 0.472 e. The third-order valence-corrected chi connectivity index (χ3v) is 14.8. The predicted octanol–water partition coefficient (Wildman–Crippen LogP) is 13.7. The zero-order valence-corrected chi connectivity index (χ0v) is 48.2. The Labute approximate surface area is 441 Å². The number of aliphatic hydroxyl groups excluding tert-OH is 1. The molecule has 3 N–H and O–H groups in total. The summed E-state index contributed by atoms with van der Waals surface area (Å²) in [5.41, 5.74) is 0. The topological polar surface area (TPSA) is 237 Å². The molecule has 0 aromatic carbocycles. The molecule has 0 saturated heterocycles.